The largest absolute Gasteiger partial charge is 0.372 e. The van der Waals surface area contributed by atoms with E-state index in [4.69, 9.17) is 23.7 Å². The molecule has 36 heavy (non-hydrogen) atoms. The van der Waals surface area contributed by atoms with Gasteiger partial charge in [0, 0.05) is 6.61 Å². The molecular weight excluding hydrogens is 452 g/mol. The van der Waals surface area contributed by atoms with Gasteiger partial charge >= 0.3 is 0 Å². The van der Waals surface area contributed by atoms with Crippen molar-refractivity contribution in [1.29, 1.82) is 0 Å². The first-order chi connectivity index (χ1) is 17.5. The summed E-state index contributed by atoms with van der Waals surface area (Å²) in [6.45, 7) is 6.94. The molecule has 3 aromatic rings. The van der Waals surface area contributed by atoms with E-state index in [0.717, 1.165) is 29.5 Å². The van der Waals surface area contributed by atoms with E-state index < -0.39 is 17.7 Å². The van der Waals surface area contributed by atoms with Gasteiger partial charge in [0.1, 0.15) is 23.9 Å². The van der Waals surface area contributed by atoms with Crippen LogP contribution in [-0.2, 0) is 29.3 Å². The second-order valence-corrected chi connectivity index (χ2v) is 9.92. The molecule has 4 atom stereocenters. The lowest BCUT2D eigenvalue weighted by molar-refractivity contribution is -0.226. The zero-order chi connectivity index (χ0) is 25.0. The van der Waals surface area contributed by atoms with Crippen molar-refractivity contribution in [3.8, 4) is 0 Å². The lowest BCUT2D eigenvalue weighted by Gasteiger charge is -2.37. The van der Waals surface area contributed by atoms with Gasteiger partial charge in [0.2, 0.25) is 0 Å². The standard InChI is InChI=1S/C31H36O5/c1-4-5-21-32-27-26(34-29-28(27)35-30(2,3)36-29)22-33-31(23-15-9-6-10-16-23,24-17-11-7-12-18-24)25-19-13-8-14-20-25/h6-20,26-29H,4-5,21-22H2,1-3H3/t26-,27+,28-,29-/m1/s1. The lowest BCUT2D eigenvalue weighted by atomic mass is 9.80. The Labute approximate surface area is 214 Å². The molecular formula is C31H36O5. The molecule has 0 radical (unpaired) electrons. The molecule has 0 N–H and O–H groups in total. The average molecular weight is 489 g/mol. The average Bonchev–Trinajstić information content (AvgIpc) is 3.38. The van der Waals surface area contributed by atoms with E-state index in [2.05, 4.69) is 79.7 Å². The molecule has 0 bridgehead atoms. The smallest absolute Gasteiger partial charge is 0.190 e. The zero-order valence-electron chi connectivity index (χ0n) is 21.3. The minimum absolute atomic E-state index is 0.275. The summed E-state index contributed by atoms with van der Waals surface area (Å²) in [7, 11) is 0. The molecule has 3 aromatic carbocycles. The highest BCUT2D eigenvalue weighted by molar-refractivity contribution is 5.47. The van der Waals surface area contributed by atoms with Crippen molar-refractivity contribution in [1.82, 2.24) is 0 Å². The van der Waals surface area contributed by atoms with Crippen molar-refractivity contribution in [2.75, 3.05) is 13.2 Å². The number of rotatable bonds is 10. The van der Waals surface area contributed by atoms with E-state index in [0.29, 0.717) is 13.2 Å². The highest BCUT2D eigenvalue weighted by atomic mass is 16.8. The van der Waals surface area contributed by atoms with Gasteiger partial charge in [-0.25, -0.2) is 0 Å². The van der Waals surface area contributed by atoms with Crippen LogP contribution in [0.1, 0.15) is 50.3 Å². The van der Waals surface area contributed by atoms with Crippen molar-refractivity contribution in [2.45, 2.75) is 69.6 Å². The minimum atomic E-state index is -0.820. The maximum Gasteiger partial charge on any atom is 0.190 e. The summed E-state index contributed by atoms with van der Waals surface area (Å²) >= 11 is 0. The Kier molecular flexibility index (Phi) is 7.56. The molecule has 5 nitrogen and oxygen atoms in total. The second kappa shape index (κ2) is 10.8. The van der Waals surface area contributed by atoms with Crippen LogP contribution in [0.3, 0.4) is 0 Å². The summed E-state index contributed by atoms with van der Waals surface area (Å²) < 4.78 is 32.0. The predicted octanol–water partition coefficient (Wildman–Crippen LogP) is 6.06. The number of hydrogen-bond donors (Lipinski definition) is 0. The minimum Gasteiger partial charge on any atom is -0.372 e. The highest BCUT2D eigenvalue weighted by Crippen LogP contribution is 2.43. The molecule has 0 spiro atoms. The Balaban J connectivity index is 1.49. The molecule has 2 fully saturated rings. The molecule has 0 unspecified atom stereocenters. The van der Waals surface area contributed by atoms with Gasteiger partial charge in [0.05, 0.1) is 6.61 Å². The van der Waals surface area contributed by atoms with Gasteiger partial charge in [0.25, 0.3) is 0 Å². The third kappa shape index (κ3) is 4.99. The van der Waals surface area contributed by atoms with Crippen LogP contribution in [0.5, 0.6) is 0 Å². The first-order valence-corrected chi connectivity index (χ1v) is 13.0. The molecule has 2 heterocycles. The SMILES string of the molecule is CCCCO[C@@H]1[C@H]2OC(C)(C)O[C@H]2O[C@@H]1COC(c1ccccc1)(c1ccccc1)c1ccccc1. The molecule has 0 amide bonds. The number of fused-ring (bicyclic) bond motifs is 1. The van der Waals surface area contributed by atoms with E-state index in [1.807, 2.05) is 32.0 Å². The van der Waals surface area contributed by atoms with Crippen LogP contribution in [0.25, 0.3) is 0 Å². The fraction of sp³-hybridized carbons (Fsp3) is 0.419. The Morgan fingerprint density at radius 2 is 1.31 bits per heavy atom. The highest BCUT2D eigenvalue weighted by Gasteiger charge is 2.56. The third-order valence-electron chi connectivity index (χ3n) is 6.90. The molecule has 5 rings (SSSR count). The topological polar surface area (TPSA) is 46.2 Å². The van der Waals surface area contributed by atoms with Crippen LogP contribution >= 0.6 is 0 Å². The Hall–Kier alpha value is -2.54. The Morgan fingerprint density at radius 1 is 0.778 bits per heavy atom. The lowest BCUT2D eigenvalue weighted by Crippen LogP contribution is -2.42. The molecule has 2 saturated heterocycles. The fourth-order valence-corrected chi connectivity index (χ4v) is 5.22. The molecule has 0 aliphatic carbocycles. The third-order valence-corrected chi connectivity index (χ3v) is 6.90. The Bertz CT molecular complexity index is 989. The number of ether oxygens (including phenoxy) is 5. The summed E-state index contributed by atoms with van der Waals surface area (Å²) in [6, 6.07) is 31.1. The van der Waals surface area contributed by atoms with Gasteiger partial charge in [-0.1, -0.05) is 104 Å². The normalized spacial score (nSPS) is 25.1. The second-order valence-electron chi connectivity index (χ2n) is 9.92. The number of benzene rings is 3. The van der Waals surface area contributed by atoms with Crippen molar-refractivity contribution < 1.29 is 23.7 Å². The first-order valence-electron chi connectivity index (χ1n) is 13.0. The zero-order valence-corrected chi connectivity index (χ0v) is 21.3. The monoisotopic (exact) mass is 488 g/mol. The van der Waals surface area contributed by atoms with Crippen LogP contribution in [0.4, 0.5) is 0 Å². The van der Waals surface area contributed by atoms with Gasteiger partial charge < -0.3 is 23.7 Å². The predicted molar refractivity (Wildman–Crippen MR) is 139 cm³/mol. The van der Waals surface area contributed by atoms with Crippen molar-refractivity contribution in [3.63, 3.8) is 0 Å². The number of hydrogen-bond acceptors (Lipinski definition) is 5. The van der Waals surface area contributed by atoms with E-state index in [1.165, 1.54) is 0 Å². The summed E-state index contributed by atoms with van der Waals surface area (Å²) in [5, 5.41) is 0. The van der Waals surface area contributed by atoms with Crippen molar-refractivity contribution >= 4 is 0 Å². The van der Waals surface area contributed by atoms with Gasteiger partial charge in [0.15, 0.2) is 12.1 Å². The molecule has 0 aromatic heterocycles. The van der Waals surface area contributed by atoms with Crippen molar-refractivity contribution in [2.24, 2.45) is 0 Å². The molecule has 190 valence electrons. The summed E-state index contributed by atoms with van der Waals surface area (Å²) in [5.41, 5.74) is 2.34. The molecule has 5 heteroatoms. The first kappa shape index (κ1) is 25.1. The maximum atomic E-state index is 7.01. The summed E-state index contributed by atoms with van der Waals surface area (Å²) in [6.07, 6.45) is 0.676. The molecule has 0 saturated carbocycles. The van der Waals surface area contributed by atoms with Gasteiger partial charge in [-0.05, 0) is 37.0 Å². The summed E-state index contributed by atoms with van der Waals surface area (Å²) in [5.74, 6) is -0.699. The number of unbranched alkanes of at least 4 members (excludes halogenated alkanes) is 1. The Morgan fingerprint density at radius 3 is 1.81 bits per heavy atom. The quantitative estimate of drug-likeness (QED) is 0.257. The van der Waals surface area contributed by atoms with E-state index in [-0.39, 0.29) is 18.3 Å². The van der Waals surface area contributed by atoms with E-state index in [1.54, 1.807) is 0 Å². The van der Waals surface area contributed by atoms with Crippen LogP contribution in [0.15, 0.2) is 91.0 Å². The van der Waals surface area contributed by atoms with E-state index >= 15 is 0 Å². The van der Waals surface area contributed by atoms with Gasteiger partial charge in [-0.3, -0.25) is 0 Å². The van der Waals surface area contributed by atoms with Gasteiger partial charge in [-0.2, -0.15) is 0 Å². The van der Waals surface area contributed by atoms with E-state index in [9.17, 15) is 0 Å². The summed E-state index contributed by atoms with van der Waals surface area (Å²) in [4.78, 5) is 0. The van der Waals surface area contributed by atoms with Crippen LogP contribution in [0, 0.1) is 0 Å². The fourth-order valence-electron chi connectivity index (χ4n) is 5.22. The molecule has 2 aliphatic rings. The maximum absolute atomic E-state index is 7.01. The van der Waals surface area contributed by atoms with Crippen LogP contribution in [-0.4, -0.2) is 43.6 Å². The van der Waals surface area contributed by atoms with Crippen molar-refractivity contribution in [3.05, 3.63) is 108 Å². The van der Waals surface area contributed by atoms with Crippen LogP contribution < -0.4 is 0 Å². The molecule has 2 aliphatic heterocycles. The van der Waals surface area contributed by atoms with Crippen LogP contribution in [0.2, 0.25) is 0 Å². The van der Waals surface area contributed by atoms with Gasteiger partial charge in [-0.15, -0.1) is 0 Å².